The molecular weight excluding hydrogens is 373 g/mol. The number of carbonyl (C=O) groups is 1. The van der Waals surface area contributed by atoms with Crippen molar-refractivity contribution in [2.24, 2.45) is 0 Å². The summed E-state index contributed by atoms with van der Waals surface area (Å²) in [4.78, 5) is 18.9. The second-order valence-corrected chi connectivity index (χ2v) is 7.12. The molecule has 1 fully saturated rings. The lowest BCUT2D eigenvalue weighted by molar-refractivity contribution is 0.0703. The summed E-state index contributed by atoms with van der Waals surface area (Å²) in [7, 11) is 0. The average molecular weight is 395 g/mol. The van der Waals surface area contributed by atoms with Crippen LogP contribution in [0.25, 0.3) is 0 Å². The van der Waals surface area contributed by atoms with Crippen LogP contribution in [0.15, 0.2) is 59.1 Å². The number of carbonyl (C=O) groups excluding carboxylic acids is 1. The van der Waals surface area contributed by atoms with Crippen LogP contribution in [0.4, 0.5) is 4.39 Å². The number of likely N-dealkylation sites (tertiary alicyclic amines) is 1. The van der Waals surface area contributed by atoms with Crippen LogP contribution >= 0.6 is 0 Å². The van der Waals surface area contributed by atoms with Crippen LogP contribution in [-0.4, -0.2) is 34.0 Å². The molecule has 0 spiro atoms. The summed E-state index contributed by atoms with van der Waals surface area (Å²) in [5, 5.41) is 4.09. The zero-order valence-corrected chi connectivity index (χ0v) is 16.0. The van der Waals surface area contributed by atoms with Gasteiger partial charge in [-0.3, -0.25) is 4.79 Å². The van der Waals surface area contributed by atoms with Gasteiger partial charge in [0.15, 0.2) is 5.82 Å². The number of nitrogens with zero attached hydrogens (tertiary/aromatic N) is 3. The monoisotopic (exact) mass is 395 g/mol. The van der Waals surface area contributed by atoms with Crippen LogP contribution in [0.1, 0.15) is 46.4 Å². The first-order valence-electron chi connectivity index (χ1n) is 9.68. The van der Waals surface area contributed by atoms with E-state index in [4.69, 9.17) is 9.26 Å². The Hall–Kier alpha value is -3.06. The first-order chi connectivity index (χ1) is 14.2. The Labute approximate surface area is 168 Å². The van der Waals surface area contributed by atoms with E-state index in [1.165, 1.54) is 24.3 Å². The molecule has 0 saturated carbocycles. The third kappa shape index (κ3) is 4.86. The normalized spacial score (nSPS) is 16.7. The van der Waals surface area contributed by atoms with Gasteiger partial charge in [-0.15, -0.1) is 0 Å². The van der Waals surface area contributed by atoms with E-state index in [0.29, 0.717) is 37.0 Å². The van der Waals surface area contributed by atoms with Crippen LogP contribution in [0, 0.1) is 5.82 Å². The molecule has 3 aromatic rings. The molecule has 1 aromatic heterocycles. The lowest BCUT2D eigenvalue weighted by Crippen LogP contribution is -2.39. The van der Waals surface area contributed by atoms with Gasteiger partial charge >= 0.3 is 0 Å². The molecule has 2 heterocycles. The van der Waals surface area contributed by atoms with Crippen molar-refractivity contribution in [2.45, 2.75) is 32.0 Å². The number of ether oxygens (including phenoxy) is 1. The van der Waals surface area contributed by atoms with Gasteiger partial charge in [-0.05, 0) is 42.7 Å². The molecule has 2 aromatic carbocycles. The molecule has 6 nitrogen and oxygen atoms in total. The molecule has 1 aliphatic heterocycles. The van der Waals surface area contributed by atoms with E-state index in [9.17, 15) is 9.18 Å². The Morgan fingerprint density at radius 2 is 1.93 bits per heavy atom. The van der Waals surface area contributed by atoms with Gasteiger partial charge in [0, 0.05) is 24.6 Å². The molecule has 4 rings (SSSR count). The van der Waals surface area contributed by atoms with Gasteiger partial charge < -0.3 is 14.2 Å². The van der Waals surface area contributed by atoms with E-state index in [0.717, 1.165) is 18.4 Å². The number of aromatic nitrogens is 2. The van der Waals surface area contributed by atoms with Gasteiger partial charge in [-0.1, -0.05) is 35.5 Å². The van der Waals surface area contributed by atoms with Crippen molar-refractivity contribution in [3.8, 4) is 0 Å². The van der Waals surface area contributed by atoms with Crippen LogP contribution in [0.2, 0.25) is 0 Å². The van der Waals surface area contributed by atoms with Crippen LogP contribution in [0.3, 0.4) is 0 Å². The van der Waals surface area contributed by atoms with Crippen molar-refractivity contribution < 1.29 is 18.4 Å². The highest BCUT2D eigenvalue weighted by molar-refractivity contribution is 5.94. The first kappa shape index (κ1) is 19.3. The molecule has 0 N–H and O–H groups in total. The largest absolute Gasteiger partial charge is 0.367 e. The Bertz CT molecular complexity index is 943. The molecule has 1 amide bonds. The highest BCUT2D eigenvalue weighted by atomic mass is 19.1. The van der Waals surface area contributed by atoms with Crippen molar-refractivity contribution in [3.05, 3.63) is 83.3 Å². The van der Waals surface area contributed by atoms with E-state index in [1.807, 2.05) is 30.3 Å². The lowest BCUT2D eigenvalue weighted by atomic mass is 9.96. The molecule has 29 heavy (non-hydrogen) atoms. The minimum atomic E-state index is -0.355. The number of hydrogen-bond acceptors (Lipinski definition) is 5. The minimum Gasteiger partial charge on any atom is -0.367 e. The summed E-state index contributed by atoms with van der Waals surface area (Å²) >= 11 is 0. The Kier molecular flexibility index (Phi) is 5.95. The fourth-order valence-electron chi connectivity index (χ4n) is 3.47. The summed E-state index contributed by atoms with van der Waals surface area (Å²) in [5.41, 5.74) is 1.56. The fraction of sp³-hybridized carbons (Fsp3) is 0.318. The number of amides is 1. The highest BCUT2D eigenvalue weighted by Crippen LogP contribution is 2.26. The predicted molar refractivity (Wildman–Crippen MR) is 104 cm³/mol. The second kappa shape index (κ2) is 8.96. The minimum absolute atomic E-state index is 0.0137. The maximum atomic E-state index is 13.1. The summed E-state index contributed by atoms with van der Waals surface area (Å²) in [6.07, 6.45) is 1.74. The molecule has 0 radical (unpaired) electrons. The number of halogens is 1. The van der Waals surface area contributed by atoms with Gasteiger partial charge in [0.1, 0.15) is 12.4 Å². The van der Waals surface area contributed by atoms with Gasteiger partial charge in [0.25, 0.3) is 11.8 Å². The number of rotatable bonds is 6. The summed E-state index contributed by atoms with van der Waals surface area (Å²) in [6, 6.07) is 15.5. The van der Waals surface area contributed by atoms with E-state index < -0.39 is 0 Å². The Morgan fingerprint density at radius 3 is 2.72 bits per heavy atom. The molecule has 0 aliphatic carbocycles. The van der Waals surface area contributed by atoms with Crippen LogP contribution < -0.4 is 0 Å². The van der Waals surface area contributed by atoms with E-state index >= 15 is 0 Å². The molecule has 1 saturated heterocycles. The molecule has 1 atom stereocenters. The van der Waals surface area contributed by atoms with Crippen molar-refractivity contribution in [3.63, 3.8) is 0 Å². The predicted octanol–water partition coefficient (Wildman–Crippen LogP) is 3.95. The number of piperidine rings is 1. The van der Waals surface area contributed by atoms with Gasteiger partial charge in [0.05, 0.1) is 6.61 Å². The second-order valence-electron chi connectivity index (χ2n) is 7.12. The maximum Gasteiger partial charge on any atom is 0.253 e. The summed E-state index contributed by atoms with van der Waals surface area (Å²) in [6.45, 7) is 1.90. The molecule has 1 unspecified atom stereocenters. The topological polar surface area (TPSA) is 68.5 Å². The maximum absolute atomic E-state index is 13.1. The Morgan fingerprint density at radius 1 is 1.14 bits per heavy atom. The third-order valence-electron chi connectivity index (χ3n) is 4.99. The van der Waals surface area contributed by atoms with Gasteiger partial charge in [-0.25, -0.2) is 4.39 Å². The average Bonchev–Trinajstić information content (AvgIpc) is 3.24. The van der Waals surface area contributed by atoms with Crippen LogP contribution in [-0.2, 0) is 18.0 Å². The van der Waals surface area contributed by atoms with Crippen molar-refractivity contribution in [1.29, 1.82) is 0 Å². The molecule has 0 bridgehead atoms. The highest BCUT2D eigenvalue weighted by Gasteiger charge is 2.28. The van der Waals surface area contributed by atoms with E-state index in [1.54, 1.807) is 4.90 Å². The standard InChI is InChI=1S/C22H22FN3O3/c23-19-10-8-17(9-11-19)22(27)26-12-4-7-18(13-26)21-24-20(29-25-21)15-28-14-16-5-2-1-3-6-16/h1-3,5-6,8-11,18H,4,7,12-15H2. The smallest absolute Gasteiger partial charge is 0.253 e. The van der Waals surface area contributed by atoms with Crippen molar-refractivity contribution in [1.82, 2.24) is 15.0 Å². The lowest BCUT2D eigenvalue weighted by Gasteiger charge is -2.31. The number of hydrogen-bond donors (Lipinski definition) is 0. The van der Waals surface area contributed by atoms with Crippen LogP contribution in [0.5, 0.6) is 0 Å². The molecule has 150 valence electrons. The molecular formula is C22H22FN3O3. The van der Waals surface area contributed by atoms with E-state index in [-0.39, 0.29) is 24.2 Å². The van der Waals surface area contributed by atoms with Crippen molar-refractivity contribution in [2.75, 3.05) is 13.1 Å². The molecule has 7 heteroatoms. The molecule has 1 aliphatic rings. The first-order valence-corrected chi connectivity index (χ1v) is 9.68. The number of benzene rings is 2. The zero-order chi connectivity index (χ0) is 20.1. The van der Waals surface area contributed by atoms with Crippen molar-refractivity contribution >= 4 is 5.91 Å². The van der Waals surface area contributed by atoms with E-state index in [2.05, 4.69) is 10.1 Å². The van der Waals surface area contributed by atoms with Gasteiger partial charge in [-0.2, -0.15) is 4.98 Å². The van der Waals surface area contributed by atoms with Gasteiger partial charge in [0.2, 0.25) is 0 Å². The zero-order valence-electron chi connectivity index (χ0n) is 16.0. The summed E-state index contributed by atoms with van der Waals surface area (Å²) < 4.78 is 24.1. The third-order valence-corrected chi connectivity index (χ3v) is 4.99. The SMILES string of the molecule is O=C(c1ccc(F)cc1)N1CCCC(c2noc(COCc3ccccc3)n2)C1. The quantitative estimate of drug-likeness (QED) is 0.632. The summed E-state index contributed by atoms with van der Waals surface area (Å²) in [5.74, 6) is 0.578. The Balaban J connectivity index is 1.33. The fourth-order valence-corrected chi connectivity index (χ4v) is 3.47.